The van der Waals surface area contributed by atoms with Crippen LogP contribution >= 0.6 is 0 Å². The molecule has 0 aliphatic carbocycles. The lowest BCUT2D eigenvalue weighted by atomic mass is 9.88. The Balaban J connectivity index is 1.74. The SMILES string of the molecule is Cc1cccc(C(=O)NCCC(c2ccccc2)c2ccccc2)c1[N+](=O)[O-]. The minimum absolute atomic E-state index is 0.0981. The third kappa shape index (κ3) is 4.43. The summed E-state index contributed by atoms with van der Waals surface area (Å²) in [4.78, 5) is 23.4. The molecule has 142 valence electrons. The van der Waals surface area contributed by atoms with Crippen LogP contribution in [0, 0.1) is 17.0 Å². The number of amides is 1. The van der Waals surface area contributed by atoms with Crippen LogP contribution < -0.4 is 5.32 Å². The van der Waals surface area contributed by atoms with Gasteiger partial charge in [-0.3, -0.25) is 14.9 Å². The fourth-order valence-corrected chi connectivity index (χ4v) is 3.41. The summed E-state index contributed by atoms with van der Waals surface area (Å²) in [6.45, 7) is 2.05. The number of nitro groups is 1. The lowest BCUT2D eigenvalue weighted by molar-refractivity contribution is -0.385. The molecule has 5 heteroatoms. The number of hydrogen-bond donors (Lipinski definition) is 1. The fourth-order valence-electron chi connectivity index (χ4n) is 3.41. The fraction of sp³-hybridized carbons (Fsp3) is 0.174. The van der Waals surface area contributed by atoms with Crippen LogP contribution in [-0.4, -0.2) is 17.4 Å². The van der Waals surface area contributed by atoms with E-state index in [0.29, 0.717) is 18.5 Å². The Kier molecular flexibility index (Phi) is 6.17. The Hall–Kier alpha value is -3.47. The van der Waals surface area contributed by atoms with Crippen molar-refractivity contribution < 1.29 is 9.72 Å². The quantitative estimate of drug-likeness (QED) is 0.474. The van der Waals surface area contributed by atoms with Gasteiger partial charge in [-0.15, -0.1) is 0 Å². The summed E-state index contributed by atoms with van der Waals surface area (Å²) in [7, 11) is 0. The third-order valence-corrected chi connectivity index (χ3v) is 4.79. The second kappa shape index (κ2) is 8.95. The highest BCUT2D eigenvalue weighted by molar-refractivity contribution is 5.98. The van der Waals surface area contributed by atoms with Gasteiger partial charge >= 0.3 is 0 Å². The Morgan fingerprint density at radius 2 is 1.50 bits per heavy atom. The second-order valence-electron chi connectivity index (χ2n) is 6.65. The van der Waals surface area contributed by atoms with Crippen molar-refractivity contribution in [1.29, 1.82) is 0 Å². The molecule has 0 heterocycles. The van der Waals surface area contributed by atoms with E-state index in [0.717, 1.165) is 0 Å². The molecule has 3 aromatic carbocycles. The number of nitro benzene ring substituents is 1. The average Bonchev–Trinajstić information content (AvgIpc) is 2.72. The number of para-hydroxylation sites is 1. The second-order valence-corrected chi connectivity index (χ2v) is 6.65. The molecule has 0 unspecified atom stereocenters. The monoisotopic (exact) mass is 374 g/mol. The van der Waals surface area contributed by atoms with Crippen molar-refractivity contribution in [3.63, 3.8) is 0 Å². The van der Waals surface area contributed by atoms with Gasteiger partial charge in [-0.25, -0.2) is 0 Å². The van der Waals surface area contributed by atoms with Gasteiger partial charge in [-0.2, -0.15) is 0 Å². The number of nitrogens with zero attached hydrogens (tertiary/aromatic N) is 1. The predicted molar refractivity (Wildman–Crippen MR) is 110 cm³/mol. The molecule has 0 saturated carbocycles. The first-order chi connectivity index (χ1) is 13.6. The van der Waals surface area contributed by atoms with E-state index in [-0.39, 0.29) is 17.2 Å². The van der Waals surface area contributed by atoms with Gasteiger partial charge in [-0.05, 0) is 30.5 Å². The molecule has 1 N–H and O–H groups in total. The van der Waals surface area contributed by atoms with Crippen molar-refractivity contribution in [1.82, 2.24) is 5.32 Å². The topological polar surface area (TPSA) is 72.2 Å². The van der Waals surface area contributed by atoms with E-state index in [1.165, 1.54) is 17.2 Å². The normalized spacial score (nSPS) is 10.6. The highest BCUT2D eigenvalue weighted by Crippen LogP contribution is 2.28. The predicted octanol–water partition coefficient (Wildman–Crippen LogP) is 4.86. The number of aryl methyl sites for hydroxylation is 1. The van der Waals surface area contributed by atoms with Crippen molar-refractivity contribution in [3.8, 4) is 0 Å². The maximum absolute atomic E-state index is 12.6. The van der Waals surface area contributed by atoms with Crippen LogP contribution in [0.2, 0.25) is 0 Å². The zero-order valence-corrected chi connectivity index (χ0v) is 15.7. The first-order valence-electron chi connectivity index (χ1n) is 9.20. The standard InChI is InChI=1S/C23H22N2O3/c1-17-9-8-14-21(22(17)25(27)28)23(26)24-16-15-20(18-10-4-2-5-11-18)19-12-6-3-7-13-19/h2-14,20H,15-16H2,1H3,(H,24,26). The maximum atomic E-state index is 12.6. The number of nitrogens with one attached hydrogen (secondary N) is 1. The summed E-state index contributed by atoms with van der Waals surface area (Å²) in [5, 5.41) is 14.2. The van der Waals surface area contributed by atoms with Crippen molar-refractivity contribution in [3.05, 3.63) is 111 Å². The first kappa shape index (κ1) is 19.3. The van der Waals surface area contributed by atoms with Crippen molar-refractivity contribution in [2.24, 2.45) is 0 Å². The van der Waals surface area contributed by atoms with Crippen LogP contribution in [-0.2, 0) is 0 Å². The maximum Gasteiger partial charge on any atom is 0.285 e. The Morgan fingerprint density at radius 3 is 2.04 bits per heavy atom. The van der Waals surface area contributed by atoms with Crippen LogP contribution in [0.3, 0.4) is 0 Å². The van der Waals surface area contributed by atoms with Gasteiger partial charge in [-0.1, -0.05) is 72.8 Å². The van der Waals surface area contributed by atoms with Crippen LogP contribution in [0.5, 0.6) is 0 Å². The average molecular weight is 374 g/mol. The molecular formula is C23H22N2O3. The minimum Gasteiger partial charge on any atom is -0.352 e. The summed E-state index contributed by atoms with van der Waals surface area (Å²) in [5.41, 5.74) is 2.78. The van der Waals surface area contributed by atoms with Crippen LogP contribution in [0.25, 0.3) is 0 Å². The van der Waals surface area contributed by atoms with E-state index in [9.17, 15) is 14.9 Å². The van der Waals surface area contributed by atoms with Gasteiger partial charge < -0.3 is 5.32 Å². The van der Waals surface area contributed by atoms with Gasteiger partial charge in [0.25, 0.3) is 11.6 Å². The van der Waals surface area contributed by atoms with E-state index < -0.39 is 10.8 Å². The summed E-state index contributed by atoms with van der Waals surface area (Å²) >= 11 is 0. The van der Waals surface area contributed by atoms with Gasteiger partial charge in [0.05, 0.1) is 4.92 Å². The minimum atomic E-state index is -0.499. The van der Waals surface area contributed by atoms with Crippen molar-refractivity contribution >= 4 is 11.6 Å². The lowest BCUT2D eigenvalue weighted by Gasteiger charge is -2.18. The summed E-state index contributed by atoms with van der Waals surface area (Å²) in [5.74, 6) is -0.287. The molecule has 3 aromatic rings. The van der Waals surface area contributed by atoms with Gasteiger partial charge in [0, 0.05) is 18.0 Å². The largest absolute Gasteiger partial charge is 0.352 e. The molecule has 1 amide bonds. The highest BCUT2D eigenvalue weighted by Gasteiger charge is 2.22. The molecule has 28 heavy (non-hydrogen) atoms. The molecule has 0 spiro atoms. The molecular weight excluding hydrogens is 352 g/mol. The summed E-state index contributed by atoms with van der Waals surface area (Å²) in [6.07, 6.45) is 0.694. The zero-order chi connectivity index (χ0) is 19.9. The number of carbonyl (C=O) groups is 1. The van der Waals surface area contributed by atoms with Crippen LogP contribution in [0.15, 0.2) is 78.9 Å². The molecule has 3 rings (SSSR count). The molecule has 0 radical (unpaired) electrons. The Bertz CT molecular complexity index is 917. The number of carbonyl (C=O) groups excluding carboxylic acids is 1. The molecule has 5 nitrogen and oxygen atoms in total. The van der Waals surface area contributed by atoms with Gasteiger partial charge in [0.2, 0.25) is 0 Å². The Labute approximate surface area is 164 Å². The van der Waals surface area contributed by atoms with Gasteiger partial charge in [0.15, 0.2) is 0 Å². The van der Waals surface area contributed by atoms with Crippen LogP contribution in [0.4, 0.5) is 5.69 Å². The molecule has 0 aromatic heterocycles. The third-order valence-electron chi connectivity index (χ3n) is 4.79. The van der Waals surface area contributed by atoms with E-state index in [2.05, 4.69) is 29.6 Å². The lowest BCUT2D eigenvalue weighted by Crippen LogP contribution is -2.26. The van der Waals surface area contributed by atoms with E-state index in [1.807, 2.05) is 36.4 Å². The van der Waals surface area contributed by atoms with Crippen molar-refractivity contribution in [2.75, 3.05) is 6.54 Å². The molecule has 0 bridgehead atoms. The highest BCUT2D eigenvalue weighted by atomic mass is 16.6. The molecule has 0 fully saturated rings. The van der Waals surface area contributed by atoms with Crippen LogP contribution in [0.1, 0.15) is 39.4 Å². The zero-order valence-electron chi connectivity index (χ0n) is 15.7. The van der Waals surface area contributed by atoms with E-state index >= 15 is 0 Å². The number of rotatable bonds is 7. The van der Waals surface area contributed by atoms with Crippen molar-refractivity contribution in [2.45, 2.75) is 19.3 Å². The number of hydrogen-bond acceptors (Lipinski definition) is 3. The molecule has 0 aliphatic heterocycles. The number of benzene rings is 3. The molecule has 0 aliphatic rings. The van der Waals surface area contributed by atoms with Gasteiger partial charge in [0.1, 0.15) is 5.56 Å². The van der Waals surface area contributed by atoms with E-state index in [4.69, 9.17) is 0 Å². The van der Waals surface area contributed by atoms with E-state index in [1.54, 1.807) is 19.1 Å². The Morgan fingerprint density at radius 1 is 0.929 bits per heavy atom. The first-order valence-corrected chi connectivity index (χ1v) is 9.20. The molecule has 0 saturated heterocycles. The smallest absolute Gasteiger partial charge is 0.285 e. The molecule has 0 atom stereocenters. The summed E-state index contributed by atoms with van der Waals surface area (Å²) < 4.78 is 0. The summed E-state index contributed by atoms with van der Waals surface area (Å²) in [6, 6.07) is 25.0.